The average molecular weight is 516 g/mol. The van der Waals surface area contributed by atoms with E-state index in [0.717, 1.165) is 16.5 Å². The van der Waals surface area contributed by atoms with Crippen LogP contribution in [0.4, 0.5) is 0 Å². The maximum absolute atomic E-state index is 13.0. The van der Waals surface area contributed by atoms with Crippen LogP contribution in [0, 0.1) is 0 Å². The van der Waals surface area contributed by atoms with Crippen molar-refractivity contribution in [3.8, 4) is 5.75 Å². The van der Waals surface area contributed by atoms with Gasteiger partial charge in [0.1, 0.15) is 11.8 Å². The number of rotatable bonds is 9. The van der Waals surface area contributed by atoms with Gasteiger partial charge < -0.3 is 15.0 Å². The van der Waals surface area contributed by atoms with Gasteiger partial charge in [0.15, 0.2) is 6.61 Å². The Morgan fingerprint density at radius 3 is 2.40 bits per heavy atom. The summed E-state index contributed by atoms with van der Waals surface area (Å²) < 4.78 is 6.44. The first-order valence-electron chi connectivity index (χ1n) is 9.63. The summed E-state index contributed by atoms with van der Waals surface area (Å²) in [4.78, 5) is 27.2. The second kappa shape index (κ2) is 11.6. The average Bonchev–Trinajstić information content (AvgIpc) is 2.71. The van der Waals surface area contributed by atoms with Gasteiger partial charge in [-0.3, -0.25) is 9.59 Å². The summed E-state index contributed by atoms with van der Waals surface area (Å²) in [6.45, 7) is 5.63. The monoisotopic (exact) mass is 514 g/mol. The molecule has 2 rings (SSSR count). The molecular formula is C22H25BrCl2N2O3. The molecule has 30 heavy (non-hydrogen) atoms. The van der Waals surface area contributed by atoms with Crippen molar-refractivity contribution in [2.45, 2.75) is 45.8 Å². The molecule has 0 aliphatic heterocycles. The van der Waals surface area contributed by atoms with Crippen molar-refractivity contribution in [1.82, 2.24) is 10.2 Å². The number of hydrogen-bond donors (Lipinski definition) is 1. The van der Waals surface area contributed by atoms with Crippen LogP contribution in [0.1, 0.15) is 32.8 Å². The third-order valence-electron chi connectivity index (χ3n) is 4.68. The molecule has 0 aliphatic rings. The number of benzene rings is 2. The van der Waals surface area contributed by atoms with Crippen LogP contribution in [0.15, 0.2) is 46.9 Å². The lowest BCUT2D eigenvalue weighted by Crippen LogP contribution is -2.50. The van der Waals surface area contributed by atoms with E-state index in [4.69, 9.17) is 27.9 Å². The second-order valence-corrected chi connectivity index (χ2v) is 8.76. The fourth-order valence-corrected chi connectivity index (χ4v) is 3.50. The van der Waals surface area contributed by atoms with Crippen LogP contribution >= 0.6 is 39.1 Å². The summed E-state index contributed by atoms with van der Waals surface area (Å²) in [6, 6.07) is 11.7. The Morgan fingerprint density at radius 2 is 1.80 bits per heavy atom. The molecule has 0 saturated heterocycles. The highest BCUT2D eigenvalue weighted by atomic mass is 79.9. The lowest BCUT2D eigenvalue weighted by atomic mass is 10.1. The van der Waals surface area contributed by atoms with Gasteiger partial charge in [-0.05, 0) is 56.2 Å². The van der Waals surface area contributed by atoms with Crippen molar-refractivity contribution >= 4 is 50.9 Å². The zero-order chi connectivity index (χ0) is 22.3. The van der Waals surface area contributed by atoms with Gasteiger partial charge in [0.2, 0.25) is 5.91 Å². The van der Waals surface area contributed by atoms with Crippen molar-refractivity contribution in [3.05, 3.63) is 62.5 Å². The summed E-state index contributed by atoms with van der Waals surface area (Å²) in [6.07, 6.45) is 0.800. The van der Waals surface area contributed by atoms with Crippen LogP contribution in [0.5, 0.6) is 5.75 Å². The number of amides is 2. The maximum Gasteiger partial charge on any atom is 0.261 e. The number of carbonyl (C=O) groups excluding carboxylic acids is 2. The van der Waals surface area contributed by atoms with E-state index in [1.54, 1.807) is 37.3 Å². The smallest absolute Gasteiger partial charge is 0.261 e. The quantitative estimate of drug-likeness (QED) is 0.482. The minimum atomic E-state index is -0.675. The van der Waals surface area contributed by atoms with Gasteiger partial charge >= 0.3 is 0 Å². The van der Waals surface area contributed by atoms with E-state index in [2.05, 4.69) is 21.2 Å². The molecular weight excluding hydrogens is 491 g/mol. The standard InChI is InChI=1S/C22H25BrCl2N2O3/c1-4-14(2)26-22(29)15(3)27(12-16-5-8-18(24)9-6-16)21(28)13-30-20-10-7-17(23)11-19(20)25/h5-11,14-15H,4,12-13H2,1-3H3,(H,26,29)/t14-,15-/m1/s1. The Labute approximate surface area is 195 Å². The van der Waals surface area contributed by atoms with Gasteiger partial charge in [0, 0.05) is 22.1 Å². The van der Waals surface area contributed by atoms with E-state index in [1.165, 1.54) is 4.90 Å². The maximum atomic E-state index is 13.0. The molecule has 0 fully saturated rings. The largest absolute Gasteiger partial charge is 0.482 e. The molecule has 2 atom stereocenters. The molecule has 2 aromatic carbocycles. The number of nitrogens with one attached hydrogen (secondary N) is 1. The SMILES string of the molecule is CC[C@@H](C)NC(=O)[C@@H](C)N(Cc1ccc(Cl)cc1)C(=O)COc1ccc(Br)cc1Cl. The van der Waals surface area contributed by atoms with E-state index in [9.17, 15) is 9.59 Å². The van der Waals surface area contributed by atoms with Gasteiger partial charge in [0.05, 0.1) is 5.02 Å². The third-order valence-corrected chi connectivity index (χ3v) is 5.72. The molecule has 0 radical (unpaired) electrons. The predicted octanol–water partition coefficient (Wildman–Crippen LogP) is 5.47. The van der Waals surface area contributed by atoms with Crippen LogP contribution in [0.25, 0.3) is 0 Å². The molecule has 0 heterocycles. The number of hydrogen-bond acceptors (Lipinski definition) is 3. The number of ether oxygens (including phenoxy) is 1. The number of halogens is 3. The summed E-state index contributed by atoms with van der Waals surface area (Å²) in [5, 5.41) is 3.92. The first-order valence-corrected chi connectivity index (χ1v) is 11.2. The van der Waals surface area contributed by atoms with E-state index in [-0.39, 0.29) is 31.0 Å². The van der Waals surface area contributed by atoms with E-state index in [0.29, 0.717) is 15.8 Å². The molecule has 0 bridgehead atoms. The molecule has 8 heteroatoms. The normalized spacial score (nSPS) is 12.7. The van der Waals surface area contributed by atoms with E-state index in [1.807, 2.05) is 26.0 Å². The fourth-order valence-electron chi connectivity index (χ4n) is 2.65. The summed E-state index contributed by atoms with van der Waals surface area (Å²) >= 11 is 15.5. The highest BCUT2D eigenvalue weighted by Gasteiger charge is 2.27. The minimum Gasteiger partial charge on any atom is -0.482 e. The van der Waals surface area contributed by atoms with Crippen LogP contribution in [-0.4, -0.2) is 35.4 Å². The van der Waals surface area contributed by atoms with Crippen LogP contribution in [-0.2, 0) is 16.1 Å². The molecule has 2 aromatic rings. The minimum absolute atomic E-state index is 0.0188. The molecule has 0 unspecified atom stereocenters. The Kier molecular flexibility index (Phi) is 9.46. The lowest BCUT2D eigenvalue weighted by molar-refractivity contribution is -0.142. The van der Waals surface area contributed by atoms with Crippen molar-refractivity contribution in [3.63, 3.8) is 0 Å². The van der Waals surface area contributed by atoms with E-state index < -0.39 is 6.04 Å². The van der Waals surface area contributed by atoms with Crippen LogP contribution in [0.2, 0.25) is 10.0 Å². The highest BCUT2D eigenvalue weighted by molar-refractivity contribution is 9.10. The first-order chi connectivity index (χ1) is 14.2. The van der Waals surface area contributed by atoms with Crippen molar-refractivity contribution < 1.29 is 14.3 Å². The van der Waals surface area contributed by atoms with Crippen LogP contribution in [0.3, 0.4) is 0 Å². The molecule has 162 valence electrons. The topological polar surface area (TPSA) is 58.6 Å². The van der Waals surface area contributed by atoms with Gasteiger partial charge in [-0.2, -0.15) is 0 Å². The van der Waals surface area contributed by atoms with Gasteiger partial charge in [-0.25, -0.2) is 0 Å². The Balaban J connectivity index is 2.16. The van der Waals surface area contributed by atoms with Gasteiger partial charge in [-0.15, -0.1) is 0 Å². The van der Waals surface area contributed by atoms with Gasteiger partial charge in [-0.1, -0.05) is 58.2 Å². The molecule has 1 N–H and O–H groups in total. The van der Waals surface area contributed by atoms with Crippen molar-refractivity contribution in [1.29, 1.82) is 0 Å². The Hall–Kier alpha value is -1.76. The summed E-state index contributed by atoms with van der Waals surface area (Å²) in [7, 11) is 0. The van der Waals surface area contributed by atoms with Crippen LogP contribution < -0.4 is 10.1 Å². The first kappa shape index (κ1) is 24.5. The van der Waals surface area contributed by atoms with Gasteiger partial charge in [0.25, 0.3) is 5.91 Å². The predicted molar refractivity (Wildman–Crippen MR) is 124 cm³/mol. The summed E-state index contributed by atoms with van der Waals surface area (Å²) in [5.41, 5.74) is 0.859. The molecule has 0 aliphatic carbocycles. The van der Waals surface area contributed by atoms with Crippen molar-refractivity contribution in [2.75, 3.05) is 6.61 Å². The van der Waals surface area contributed by atoms with Crippen molar-refractivity contribution in [2.24, 2.45) is 0 Å². The zero-order valence-corrected chi connectivity index (χ0v) is 20.2. The molecule has 0 aromatic heterocycles. The second-order valence-electron chi connectivity index (χ2n) is 7.01. The summed E-state index contributed by atoms with van der Waals surface area (Å²) in [5.74, 6) is -0.138. The third kappa shape index (κ3) is 7.18. The Morgan fingerprint density at radius 1 is 1.13 bits per heavy atom. The number of nitrogens with zero attached hydrogens (tertiary/aromatic N) is 1. The number of carbonyl (C=O) groups is 2. The molecule has 0 spiro atoms. The zero-order valence-electron chi connectivity index (χ0n) is 17.1. The van der Waals surface area contributed by atoms with E-state index >= 15 is 0 Å². The lowest BCUT2D eigenvalue weighted by Gasteiger charge is -2.29. The molecule has 0 saturated carbocycles. The highest BCUT2D eigenvalue weighted by Crippen LogP contribution is 2.27. The Bertz CT molecular complexity index is 877. The molecule has 5 nitrogen and oxygen atoms in total. The fraction of sp³-hybridized carbons (Fsp3) is 0.364. The molecule has 2 amide bonds.